The fraction of sp³-hybridized carbons (Fsp3) is 0.421. The molecule has 6 aromatic rings. The van der Waals surface area contributed by atoms with Gasteiger partial charge in [0.2, 0.25) is 0 Å². The van der Waals surface area contributed by atoms with Crippen LogP contribution >= 0.6 is 47.8 Å². The first-order valence-electron chi connectivity index (χ1n) is 17.8. The van der Waals surface area contributed by atoms with Gasteiger partial charge in [0.15, 0.2) is 22.3 Å². The fourth-order valence-electron chi connectivity index (χ4n) is 5.73. The van der Waals surface area contributed by atoms with Crippen LogP contribution in [0.1, 0.15) is 62.3 Å². The highest BCUT2D eigenvalue weighted by Gasteiger charge is 2.20. The molecule has 0 radical (unpaired) electrons. The van der Waals surface area contributed by atoms with Gasteiger partial charge in [-0.3, -0.25) is 27.9 Å². The van der Waals surface area contributed by atoms with Gasteiger partial charge in [-0.05, 0) is 48.2 Å². The number of aliphatic hydroxyl groups is 1. The number of halogens is 3. The van der Waals surface area contributed by atoms with E-state index in [4.69, 9.17) is 4.74 Å². The number of hydrogen-bond donors (Lipinski definition) is 1. The summed E-state index contributed by atoms with van der Waals surface area (Å²) < 4.78 is 16.0. The second-order valence-corrected chi connectivity index (χ2v) is 15.5. The molecule has 0 bridgehead atoms. The summed E-state index contributed by atoms with van der Waals surface area (Å²) in [5.41, 5.74) is 1.73. The Hall–Kier alpha value is -3.90. The third kappa shape index (κ3) is 10.3. The summed E-state index contributed by atoms with van der Waals surface area (Å²) in [6, 6.07) is 15.5. The number of rotatable bonds is 12. The third-order valence-corrected chi connectivity index (χ3v) is 10.4. The highest BCUT2D eigenvalue weighted by atomic mass is 79.9. The molecule has 0 aliphatic heterocycles. The molecular formula is C38H47Br3N8O6. The van der Waals surface area contributed by atoms with Gasteiger partial charge >= 0.3 is 11.4 Å². The first kappa shape index (κ1) is 43.8. The average molecular weight is 952 g/mol. The van der Waals surface area contributed by atoms with Crippen LogP contribution in [0, 0.1) is 0 Å². The summed E-state index contributed by atoms with van der Waals surface area (Å²) >= 11 is 10.2. The van der Waals surface area contributed by atoms with E-state index in [1.165, 1.54) is 36.1 Å². The van der Waals surface area contributed by atoms with Gasteiger partial charge in [-0.2, -0.15) is 0 Å². The standard InChI is InChI=1S/C19H23BrN4O3.C15H15BrN4O3.C4H9Br/c1-4-5-9-27-12-15-21-17-16(18(25)23(3)19(26)22(17)2)24(15)11-13-7-6-8-14(20)10-13;1-18-13-12(14(22)19(2)15(18)23)20(11(8-21)17-13)7-9-4-3-5-10(16)6-9;1-2-3-4-5/h6-8,10H,4-5,9,11-12H2,1-3H3;3-6,21H,7-8H2,1-2H3;2-4H2,1H3. The summed E-state index contributed by atoms with van der Waals surface area (Å²) in [6.07, 6.45) is 4.61. The van der Waals surface area contributed by atoms with Crippen LogP contribution in [0.3, 0.4) is 0 Å². The Morgan fingerprint density at radius 2 is 1.13 bits per heavy atom. The molecule has 4 aromatic heterocycles. The molecule has 0 saturated carbocycles. The molecule has 0 aliphatic carbocycles. The molecule has 4 heterocycles. The maximum Gasteiger partial charge on any atom is 0.332 e. The van der Waals surface area contributed by atoms with E-state index < -0.39 is 16.9 Å². The number of nitrogens with zero attached hydrogens (tertiary/aromatic N) is 8. The molecule has 0 saturated heterocycles. The minimum atomic E-state index is -0.445. The Kier molecular flexibility index (Phi) is 16.2. The molecule has 0 unspecified atom stereocenters. The van der Waals surface area contributed by atoms with Gasteiger partial charge < -0.3 is 19.0 Å². The van der Waals surface area contributed by atoms with E-state index in [1.54, 1.807) is 18.7 Å². The van der Waals surface area contributed by atoms with E-state index in [0.29, 0.717) is 54.6 Å². The summed E-state index contributed by atoms with van der Waals surface area (Å²) in [5.74, 6) is 0.984. The quantitative estimate of drug-likeness (QED) is 0.125. The van der Waals surface area contributed by atoms with E-state index in [1.807, 2.05) is 53.1 Å². The monoisotopic (exact) mass is 948 g/mol. The van der Waals surface area contributed by atoms with Gasteiger partial charge in [-0.25, -0.2) is 19.6 Å². The summed E-state index contributed by atoms with van der Waals surface area (Å²) in [6.45, 7) is 5.73. The van der Waals surface area contributed by atoms with Gasteiger partial charge in [-0.15, -0.1) is 0 Å². The van der Waals surface area contributed by atoms with Crippen LogP contribution in [0.15, 0.2) is 76.7 Å². The zero-order chi connectivity index (χ0) is 40.4. The Morgan fingerprint density at radius 1 is 0.673 bits per heavy atom. The number of aliphatic hydroxyl groups excluding tert-OH is 1. The number of aromatic nitrogens is 8. The molecule has 0 fully saturated rings. The van der Waals surface area contributed by atoms with Gasteiger partial charge in [0.1, 0.15) is 24.9 Å². The number of alkyl halides is 1. The molecule has 0 spiro atoms. The predicted molar refractivity (Wildman–Crippen MR) is 226 cm³/mol. The maximum absolute atomic E-state index is 12.8. The van der Waals surface area contributed by atoms with E-state index in [9.17, 15) is 24.3 Å². The lowest BCUT2D eigenvalue weighted by Gasteiger charge is -2.10. The molecule has 14 nitrogen and oxygen atoms in total. The van der Waals surface area contributed by atoms with E-state index in [2.05, 4.69) is 71.6 Å². The number of aryl methyl sites for hydroxylation is 2. The highest BCUT2D eigenvalue weighted by Crippen LogP contribution is 2.19. The molecule has 0 atom stereocenters. The Bertz CT molecular complexity index is 2490. The van der Waals surface area contributed by atoms with Gasteiger partial charge in [0, 0.05) is 62.2 Å². The summed E-state index contributed by atoms with van der Waals surface area (Å²) in [4.78, 5) is 58.4. The van der Waals surface area contributed by atoms with Gasteiger partial charge in [-0.1, -0.05) is 98.7 Å². The third-order valence-electron chi connectivity index (χ3n) is 8.82. The maximum atomic E-state index is 12.8. The van der Waals surface area contributed by atoms with Crippen molar-refractivity contribution in [1.82, 2.24) is 37.4 Å². The lowest BCUT2D eigenvalue weighted by atomic mass is 10.2. The van der Waals surface area contributed by atoms with Crippen LogP contribution in [0.25, 0.3) is 22.3 Å². The zero-order valence-corrected chi connectivity index (χ0v) is 36.6. The van der Waals surface area contributed by atoms with Crippen molar-refractivity contribution in [1.29, 1.82) is 0 Å². The number of ether oxygens (including phenoxy) is 1. The minimum absolute atomic E-state index is 0.275. The van der Waals surface area contributed by atoms with Gasteiger partial charge in [0.05, 0.1) is 0 Å². The molecule has 0 amide bonds. The normalized spacial score (nSPS) is 11.1. The van der Waals surface area contributed by atoms with E-state index >= 15 is 0 Å². The summed E-state index contributed by atoms with van der Waals surface area (Å²) in [5, 5.41) is 10.7. The molecule has 55 heavy (non-hydrogen) atoms. The Balaban J connectivity index is 0.000000220. The fourth-order valence-corrected chi connectivity index (χ4v) is 7.19. The molecule has 0 aliphatic rings. The second-order valence-electron chi connectivity index (χ2n) is 12.9. The smallest absolute Gasteiger partial charge is 0.332 e. The Morgan fingerprint density at radius 3 is 1.53 bits per heavy atom. The number of fused-ring (bicyclic) bond motifs is 2. The van der Waals surface area contributed by atoms with Crippen molar-refractivity contribution in [2.75, 3.05) is 11.9 Å². The average Bonchev–Trinajstić information content (AvgIpc) is 3.72. The van der Waals surface area contributed by atoms with Crippen molar-refractivity contribution >= 4 is 70.1 Å². The van der Waals surface area contributed by atoms with Crippen LogP contribution < -0.4 is 22.5 Å². The number of hydrogen-bond acceptors (Lipinski definition) is 8. The number of benzene rings is 2. The molecular weight excluding hydrogens is 904 g/mol. The zero-order valence-electron chi connectivity index (χ0n) is 31.9. The first-order chi connectivity index (χ1) is 26.3. The molecule has 1 N–H and O–H groups in total. The van der Waals surface area contributed by atoms with Crippen molar-refractivity contribution < 1.29 is 9.84 Å². The van der Waals surface area contributed by atoms with Crippen LogP contribution in [0.2, 0.25) is 0 Å². The largest absolute Gasteiger partial charge is 0.388 e. The highest BCUT2D eigenvalue weighted by molar-refractivity contribution is 9.10. The van der Waals surface area contributed by atoms with Crippen molar-refractivity contribution in [2.45, 2.75) is 65.8 Å². The van der Waals surface area contributed by atoms with Crippen molar-refractivity contribution in [3.05, 3.63) is 122 Å². The van der Waals surface area contributed by atoms with Gasteiger partial charge in [0.25, 0.3) is 11.1 Å². The molecule has 6 rings (SSSR count). The Labute approximate surface area is 343 Å². The predicted octanol–water partition coefficient (Wildman–Crippen LogP) is 5.48. The van der Waals surface area contributed by atoms with Crippen LogP contribution in [-0.2, 0) is 59.2 Å². The van der Waals surface area contributed by atoms with Crippen molar-refractivity contribution in [3.8, 4) is 0 Å². The van der Waals surface area contributed by atoms with Crippen LogP contribution in [-0.4, -0.2) is 54.4 Å². The molecule has 2 aromatic carbocycles. The number of unbranched alkanes of at least 4 members (excludes halogenated alkanes) is 2. The van der Waals surface area contributed by atoms with Crippen LogP contribution in [0.4, 0.5) is 0 Å². The lowest BCUT2D eigenvalue weighted by Crippen LogP contribution is -2.37. The SMILES string of the molecule is CCCCBr.CCCCOCc1nc2c(c(=O)n(C)c(=O)n2C)n1Cc1cccc(Br)c1.Cn1c(=O)c2c(nc(CO)n2Cc2cccc(Br)c2)n(C)c1=O. The van der Waals surface area contributed by atoms with Crippen molar-refractivity contribution in [2.24, 2.45) is 28.2 Å². The second kappa shape index (κ2) is 20.3. The lowest BCUT2D eigenvalue weighted by molar-refractivity contribution is 0.111. The molecule has 17 heteroatoms. The number of imidazole rings is 2. The first-order valence-corrected chi connectivity index (χ1v) is 20.5. The molecule has 296 valence electrons. The van der Waals surface area contributed by atoms with E-state index in [-0.39, 0.29) is 17.8 Å². The van der Waals surface area contributed by atoms with E-state index in [0.717, 1.165) is 47.4 Å². The minimum Gasteiger partial charge on any atom is -0.388 e. The topological polar surface area (TPSA) is 153 Å². The van der Waals surface area contributed by atoms with Crippen LogP contribution in [0.5, 0.6) is 0 Å². The van der Waals surface area contributed by atoms with Crippen molar-refractivity contribution in [3.63, 3.8) is 0 Å². The summed E-state index contributed by atoms with van der Waals surface area (Å²) in [7, 11) is 6.10.